The number of ether oxygens (including phenoxy) is 5. The standard InChI is InChI=1S/C18H26O11S/c1-9(19)25-14-13(5-6-18(23)7-30(24)8-18)29-17(28-12(4)22)16(27-11(3)21)15(14)26-10(2)20/h13-17,23H,5-8H2,1-4H3/t13-,14-,15+,16+,17+,18?,30?/m1/s1. The van der Waals surface area contributed by atoms with Crippen molar-refractivity contribution in [1.29, 1.82) is 0 Å². The highest BCUT2D eigenvalue weighted by Gasteiger charge is 2.54. The van der Waals surface area contributed by atoms with E-state index in [0.29, 0.717) is 0 Å². The van der Waals surface area contributed by atoms with Crippen LogP contribution in [-0.2, 0) is 54.0 Å². The first-order valence-corrected chi connectivity index (χ1v) is 10.8. The minimum Gasteiger partial charge on any atom is -0.616 e. The van der Waals surface area contributed by atoms with Crippen molar-refractivity contribution in [2.75, 3.05) is 11.5 Å². The minimum absolute atomic E-state index is 0.105. The molecule has 11 nitrogen and oxygen atoms in total. The van der Waals surface area contributed by atoms with Gasteiger partial charge in [-0.05, 0) is 24.0 Å². The topological polar surface area (TPSA) is 158 Å². The molecule has 12 heteroatoms. The van der Waals surface area contributed by atoms with Gasteiger partial charge in [0, 0.05) is 27.7 Å². The highest BCUT2D eigenvalue weighted by atomic mass is 32.2. The van der Waals surface area contributed by atoms with Crippen molar-refractivity contribution in [1.82, 2.24) is 0 Å². The third-order valence-electron chi connectivity index (χ3n) is 4.53. The van der Waals surface area contributed by atoms with E-state index in [-0.39, 0.29) is 24.3 Å². The van der Waals surface area contributed by atoms with Crippen molar-refractivity contribution in [2.45, 2.75) is 76.8 Å². The van der Waals surface area contributed by atoms with Crippen LogP contribution in [0.15, 0.2) is 0 Å². The van der Waals surface area contributed by atoms with Crippen LogP contribution in [0.3, 0.4) is 0 Å². The number of rotatable bonds is 7. The molecule has 2 fully saturated rings. The Labute approximate surface area is 176 Å². The van der Waals surface area contributed by atoms with Crippen LogP contribution in [0.4, 0.5) is 0 Å². The first kappa shape index (κ1) is 24.4. The molecule has 0 saturated carbocycles. The molecule has 2 aliphatic rings. The zero-order valence-electron chi connectivity index (χ0n) is 17.2. The van der Waals surface area contributed by atoms with Gasteiger partial charge in [0.15, 0.2) is 17.8 Å². The lowest BCUT2D eigenvalue weighted by Gasteiger charge is -2.45. The molecule has 0 aromatic rings. The fourth-order valence-electron chi connectivity index (χ4n) is 3.46. The molecule has 2 rings (SSSR count). The molecule has 30 heavy (non-hydrogen) atoms. The summed E-state index contributed by atoms with van der Waals surface area (Å²) < 4.78 is 38.0. The molecule has 2 aliphatic heterocycles. The number of esters is 4. The second-order valence-electron chi connectivity index (χ2n) is 7.37. The fourth-order valence-corrected chi connectivity index (χ4v) is 4.86. The van der Waals surface area contributed by atoms with Crippen LogP contribution in [0, 0.1) is 0 Å². The van der Waals surface area contributed by atoms with Gasteiger partial charge in [0.05, 0.1) is 0 Å². The first-order chi connectivity index (χ1) is 13.9. The zero-order chi connectivity index (χ0) is 22.6. The van der Waals surface area contributed by atoms with E-state index in [9.17, 15) is 28.8 Å². The number of hydrogen-bond donors (Lipinski definition) is 1. The summed E-state index contributed by atoms with van der Waals surface area (Å²) in [6.45, 7) is 4.49. The Bertz CT molecular complexity index is 675. The first-order valence-electron chi connectivity index (χ1n) is 9.32. The largest absolute Gasteiger partial charge is 0.616 e. The monoisotopic (exact) mass is 450 g/mol. The number of carbonyl (C=O) groups is 4. The van der Waals surface area contributed by atoms with E-state index in [1.54, 1.807) is 0 Å². The summed E-state index contributed by atoms with van der Waals surface area (Å²) in [4.78, 5) is 46.5. The Morgan fingerprint density at radius 3 is 1.83 bits per heavy atom. The van der Waals surface area contributed by atoms with E-state index in [1.165, 1.54) is 0 Å². The van der Waals surface area contributed by atoms with Crippen molar-refractivity contribution < 1.29 is 52.5 Å². The van der Waals surface area contributed by atoms with E-state index in [0.717, 1.165) is 27.7 Å². The average molecular weight is 450 g/mol. The summed E-state index contributed by atoms with van der Waals surface area (Å²) >= 11 is -1.10. The molecule has 0 spiro atoms. The van der Waals surface area contributed by atoms with Crippen molar-refractivity contribution in [2.24, 2.45) is 0 Å². The van der Waals surface area contributed by atoms with Gasteiger partial charge >= 0.3 is 23.9 Å². The molecule has 0 unspecified atom stereocenters. The third-order valence-corrected chi connectivity index (χ3v) is 6.25. The maximum Gasteiger partial charge on any atom is 0.305 e. The van der Waals surface area contributed by atoms with Crippen LogP contribution in [-0.4, -0.2) is 81.3 Å². The van der Waals surface area contributed by atoms with Crippen LogP contribution in [0.25, 0.3) is 0 Å². The van der Waals surface area contributed by atoms with Crippen molar-refractivity contribution >= 4 is 35.1 Å². The van der Waals surface area contributed by atoms with Gasteiger partial charge in [0.25, 0.3) is 0 Å². The molecular formula is C18H26O11S. The van der Waals surface area contributed by atoms with Gasteiger partial charge < -0.3 is 33.3 Å². The SMILES string of the molecule is CC(=O)O[C@H]1O[C@H](CCC2(O)C[S+]([O-])C2)[C@@H](OC(C)=O)[C@H](OC(C)=O)[C@@H]1OC(C)=O. The Morgan fingerprint density at radius 1 is 0.900 bits per heavy atom. The molecule has 0 aromatic heterocycles. The molecule has 0 aliphatic carbocycles. The predicted molar refractivity (Wildman–Crippen MR) is 99.1 cm³/mol. The van der Waals surface area contributed by atoms with Crippen LogP contribution >= 0.6 is 0 Å². The van der Waals surface area contributed by atoms with E-state index >= 15 is 0 Å². The Balaban J connectivity index is 2.32. The smallest absolute Gasteiger partial charge is 0.305 e. The minimum atomic E-state index is -1.43. The molecule has 0 aromatic carbocycles. The molecule has 1 N–H and O–H groups in total. The Hall–Kier alpha value is -1.89. The molecular weight excluding hydrogens is 424 g/mol. The van der Waals surface area contributed by atoms with Gasteiger partial charge in [-0.1, -0.05) is 0 Å². The van der Waals surface area contributed by atoms with Crippen molar-refractivity contribution in [3.05, 3.63) is 0 Å². The lowest BCUT2D eigenvalue weighted by molar-refractivity contribution is -0.297. The molecule has 5 atom stereocenters. The van der Waals surface area contributed by atoms with Gasteiger partial charge in [-0.3, -0.25) is 19.2 Å². The normalized spacial score (nSPS) is 35.5. The second-order valence-corrected chi connectivity index (χ2v) is 8.82. The van der Waals surface area contributed by atoms with E-state index in [1.807, 2.05) is 0 Å². The van der Waals surface area contributed by atoms with E-state index in [2.05, 4.69) is 0 Å². The van der Waals surface area contributed by atoms with Gasteiger partial charge in [-0.15, -0.1) is 0 Å². The Morgan fingerprint density at radius 2 is 1.37 bits per heavy atom. The van der Waals surface area contributed by atoms with Gasteiger partial charge in [0.2, 0.25) is 12.4 Å². The summed E-state index contributed by atoms with van der Waals surface area (Å²) in [6.07, 6.45) is -6.03. The quantitative estimate of drug-likeness (QED) is 0.298. The maximum absolute atomic E-state index is 11.7. The van der Waals surface area contributed by atoms with E-state index < -0.39 is 71.4 Å². The number of aliphatic hydroxyl groups is 1. The summed E-state index contributed by atoms with van der Waals surface area (Å²) in [5.41, 5.74) is -1.16. The van der Waals surface area contributed by atoms with Crippen molar-refractivity contribution in [3.63, 3.8) is 0 Å². The van der Waals surface area contributed by atoms with Gasteiger partial charge in [0.1, 0.15) is 17.6 Å². The van der Waals surface area contributed by atoms with Crippen LogP contribution in [0.5, 0.6) is 0 Å². The fraction of sp³-hybridized carbons (Fsp3) is 0.778. The lowest BCUT2D eigenvalue weighted by Crippen LogP contribution is -2.62. The summed E-state index contributed by atoms with van der Waals surface area (Å²) in [7, 11) is 0. The third kappa shape index (κ3) is 6.56. The van der Waals surface area contributed by atoms with E-state index in [4.69, 9.17) is 23.7 Å². The summed E-state index contributed by atoms with van der Waals surface area (Å²) in [6, 6.07) is 0. The number of carbonyl (C=O) groups excluding carboxylic acids is 4. The summed E-state index contributed by atoms with van der Waals surface area (Å²) in [5.74, 6) is -2.74. The van der Waals surface area contributed by atoms with Crippen LogP contribution in [0.1, 0.15) is 40.5 Å². The second kappa shape index (κ2) is 9.94. The van der Waals surface area contributed by atoms with Crippen LogP contribution < -0.4 is 0 Å². The molecule has 2 heterocycles. The van der Waals surface area contributed by atoms with Gasteiger partial charge in [-0.25, -0.2) is 0 Å². The zero-order valence-corrected chi connectivity index (χ0v) is 18.0. The van der Waals surface area contributed by atoms with Crippen LogP contribution in [0.2, 0.25) is 0 Å². The van der Waals surface area contributed by atoms with Gasteiger partial charge in [-0.2, -0.15) is 0 Å². The Kier molecular flexibility index (Phi) is 8.08. The predicted octanol–water partition coefficient (Wildman–Crippen LogP) is -0.657. The highest BCUT2D eigenvalue weighted by molar-refractivity contribution is 7.93. The highest BCUT2D eigenvalue weighted by Crippen LogP contribution is 2.35. The lowest BCUT2D eigenvalue weighted by atomic mass is 9.91. The molecule has 0 radical (unpaired) electrons. The van der Waals surface area contributed by atoms with Crippen molar-refractivity contribution in [3.8, 4) is 0 Å². The maximum atomic E-state index is 11.7. The summed E-state index contributed by atoms with van der Waals surface area (Å²) in [5, 5.41) is 10.4. The molecule has 0 amide bonds. The average Bonchev–Trinajstić information content (AvgIpc) is 2.55. The molecule has 2 saturated heterocycles. The molecule has 170 valence electrons. The number of hydrogen-bond acceptors (Lipinski definition) is 11. The molecule has 0 bridgehead atoms.